The molecule has 0 saturated carbocycles. The van der Waals surface area contributed by atoms with Crippen LogP contribution in [0.1, 0.15) is 39.7 Å². The van der Waals surface area contributed by atoms with Gasteiger partial charge in [0.2, 0.25) is 12.7 Å². The molecule has 0 spiro atoms. The smallest absolute Gasteiger partial charge is 0.231 e. The van der Waals surface area contributed by atoms with Gasteiger partial charge in [-0.1, -0.05) is 20.8 Å². The van der Waals surface area contributed by atoms with Gasteiger partial charge in [0, 0.05) is 25.3 Å². The summed E-state index contributed by atoms with van der Waals surface area (Å²) in [6.45, 7) is 8.53. The zero-order valence-electron chi connectivity index (χ0n) is 19.4. The van der Waals surface area contributed by atoms with E-state index >= 15 is 0 Å². The predicted molar refractivity (Wildman–Crippen MR) is 123 cm³/mol. The van der Waals surface area contributed by atoms with Crippen molar-refractivity contribution in [2.24, 2.45) is 5.41 Å². The number of carbonyl (C=O) groups excluding carboxylic acids is 1. The minimum atomic E-state index is -0.156. The number of pyridine rings is 1. The molecule has 1 aliphatic rings. The first kappa shape index (κ1) is 22.6. The van der Waals surface area contributed by atoms with Gasteiger partial charge in [0.05, 0.1) is 23.6 Å². The number of aromatic nitrogens is 3. The summed E-state index contributed by atoms with van der Waals surface area (Å²) in [4.78, 5) is 17.3. The molecule has 1 N–H and O–H groups in total. The molecule has 1 aliphatic heterocycles. The van der Waals surface area contributed by atoms with Crippen LogP contribution in [-0.2, 0) is 16.1 Å². The van der Waals surface area contributed by atoms with Gasteiger partial charge in [-0.15, -0.1) is 0 Å². The Labute approximate surface area is 192 Å². The van der Waals surface area contributed by atoms with Crippen molar-refractivity contribution in [3.05, 3.63) is 30.0 Å². The average Bonchev–Trinajstić information content (AvgIpc) is 3.36. The zero-order chi connectivity index (χ0) is 23.8. The molecule has 1 aromatic carbocycles. The number of hydrogen-bond acceptors (Lipinski definition) is 7. The first-order valence-corrected chi connectivity index (χ1v) is 10.7. The largest absolute Gasteiger partial charge is 0.454 e. The van der Waals surface area contributed by atoms with Crippen molar-refractivity contribution in [2.75, 3.05) is 19.2 Å². The number of nitrogens with one attached hydrogen (secondary N) is 1. The Kier molecular flexibility index (Phi) is 5.95. The van der Waals surface area contributed by atoms with Crippen LogP contribution < -0.4 is 14.8 Å². The van der Waals surface area contributed by atoms with E-state index in [-0.39, 0.29) is 24.2 Å². The van der Waals surface area contributed by atoms with Crippen LogP contribution in [0.25, 0.3) is 22.2 Å². The summed E-state index contributed by atoms with van der Waals surface area (Å²) in [5.74, 6) is 1.30. The van der Waals surface area contributed by atoms with E-state index < -0.39 is 0 Å². The third-order valence-electron chi connectivity index (χ3n) is 5.29. The van der Waals surface area contributed by atoms with Crippen LogP contribution in [0.4, 0.5) is 5.82 Å². The molecular weight excluding hydrogens is 422 g/mol. The van der Waals surface area contributed by atoms with E-state index in [1.165, 1.54) is 0 Å². The first-order valence-electron chi connectivity index (χ1n) is 10.7. The summed E-state index contributed by atoms with van der Waals surface area (Å²) in [7, 11) is 1.64. The second-order valence-corrected chi connectivity index (χ2v) is 9.33. The van der Waals surface area contributed by atoms with E-state index in [0.29, 0.717) is 46.9 Å². The highest BCUT2D eigenvalue weighted by Crippen LogP contribution is 2.40. The number of benzene rings is 1. The second-order valence-electron chi connectivity index (χ2n) is 9.33. The number of rotatable bonds is 6. The number of carbonyl (C=O) groups is 1. The Morgan fingerprint density at radius 2 is 2.09 bits per heavy atom. The molecule has 9 heteroatoms. The lowest BCUT2D eigenvalue weighted by Crippen LogP contribution is -2.20. The van der Waals surface area contributed by atoms with Crippen molar-refractivity contribution in [1.82, 2.24) is 14.8 Å². The van der Waals surface area contributed by atoms with E-state index in [2.05, 4.69) is 21.5 Å². The summed E-state index contributed by atoms with van der Waals surface area (Å²) in [5.41, 5.74) is 2.40. The van der Waals surface area contributed by atoms with Crippen LogP contribution in [0.5, 0.6) is 11.5 Å². The molecule has 3 heterocycles. The second kappa shape index (κ2) is 8.71. The van der Waals surface area contributed by atoms with Crippen molar-refractivity contribution in [3.63, 3.8) is 0 Å². The summed E-state index contributed by atoms with van der Waals surface area (Å²) in [6, 6.07) is 7.63. The predicted octanol–water partition coefficient (Wildman–Crippen LogP) is 4.11. The van der Waals surface area contributed by atoms with Gasteiger partial charge in [0.1, 0.15) is 6.07 Å². The van der Waals surface area contributed by atoms with E-state index in [1.54, 1.807) is 24.1 Å². The van der Waals surface area contributed by atoms with E-state index in [9.17, 15) is 10.1 Å². The Hall–Kier alpha value is -3.64. The molecular formula is C24H27N5O4. The standard InChI is InChI=1S/C24H27N5O4/c1-14(31-5)12-29-23-18(22(28-29)27-20(30)9-24(2,3)4)7-17(11-26-23)15-6-16(10-25)21-19(8-15)32-13-33-21/h6-8,11,14H,9,12-13H2,1-5H3,(H,27,28,30). The van der Waals surface area contributed by atoms with Crippen molar-refractivity contribution >= 4 is 22.8 Å². The number of anilines is 1. The molecule has 2 aromatic heterocycles. The quantitative estimate of drug-likeness (QED) is 0.603. The Balaban J connectivity index is 1.78. The summed E-state index contributed by atoms with van der Waals surface area (Å²) in [6.07, 6.45) is 1.99. The highest BCUT2D eigenvalue weighted by molar-refractivity contribution is 6.00. The van der Waals surface area contributed by atoms with Crippen molar-refractivity contribution in [1.29, 1.82) is 5.26 Å². The molecule has 3 aromatic rings. The zero-order valence-corrected chi connectivity index (χ0v) is 19.4. The van der Waals surface area contributed by atoms with Gasteiger partial charge >= 0.3 is 0 Å². The molecule has 4 rings (SSSR count). The van der Waals surface area contributed by atoms with Gasteiger partial charge < -0.3 is 19.5 Å². The highest BCUT2D eigenvalue weighted by atomic mass is 16.7. The van der Waals surface area contributed by atoms with Crippen LogP contribution in [0.2, 0.25) is 0 Å². The van der Waals surface area contributed by atoms with Crippen LogP contribution in [0.15, 0.2) is 24.4 Å². The molecule has 1 unspecified atom stereocenters. The molecule has 0 radical (unpaired) electrons. The number of nitrogens with zero attached hydrogens (tertiary/aromatic N) is 4. The SMILES string of the molecule is COC(C)Cn1nc(NC(=O)CC(C)(C)C)c2cc(-c3cc(C#N)c4c(c3)OCO4)cnc21. The van der Waals surface area contributed by atoms with E-state index in [0.717, 1.165) is 11.1 Å². The van der Waals surface area contributed by atoms with Gasteiger partial charge in [0.25, 0.3) is 0 Å². The maximum absolute atomic E-state index is 12.7. The molecule has 0 bridgehead atoms. The number of hydrogen-bond donors (Lipinski definition) is 1. The highest BCUT2D eigenvalue weighted by Gasteiger charge is 2.22. The number of methoxy groups -OCH3 is 1. The fourth-order valence-electron chi connectivity index (χ4n) is 3.67. The Morgan fingerprint density at radius 3 is 2.79 bits per heavy atom. The van der Waals surface area contributed by atoms with E-state index in [1.807, 2.05) is 39.8 Å². The molecule has 1 atom stereocenters. The number of nitriles is 1. The topological polar surface area (TPSA) is 111 Å². The lowest BCUT2D eigenvalue weighted by atomic mass is 9.92. The fraction of sp³-hybridized carbons (Fsp3) is 0.417. The molecule has 0 aliphatic carbocycles. The first-order chi connectivity index (χ1) is 15.7. The number of ether oxygens (including phenoxy) is 3. The van der Waals surface area contributed by atoms with Gasteiger partial charge in [-0.25, -0.2) is 9.67 Å². The van der Waals surface area contributed by atoms with E-state index in [4.69, 9.17) is 14.2 Å². The van der Waals surface area contributed by atoms with Crippen LogP contribution >= 0.6 is 0 Å². The lowest BCUT2D eigenvalue weighted by Gasteiger charge is -2.16. The molecule has 9 nitrogen and oxygen atoms in total. The van der Waals surface area contributed by atoms with Crippen molar-refractivity contribution in [3.8, 4) is 28.7 Å². The van der Waals surface area contributed by atoms with Crippen molar-refractivity contribution < 1.29 is 19.0 Å². The summed E-state index contributed by atoms with van der Waals surface area (Å²) in [5, 5.41) is 17.8. The monoisotopic (exact) mass is 449 g/mol. The summed E-state index contributed by atoms with van der Waals surface area (Å²) >= 11 is 0. The van der Waals surface area contributed by atoms with Gasteiger partial charge in [0.15, 0.2) is 23.0 Å². The minimum Gasteiger partial charge on any atom is -0.454 e. The Bertz CT molecular complexity index is 1250. The molecule has 0 fully saturated rings. The Morgan fingerprint density at radius 1 is 1.30 bits per heavy atom. The normalized spacial score (nSPS) is 13.7. The van der Waals surface area contributed by atoms with Gasteiger partial charge in [-0.3, -0.25) is 4.79 Å². The maximum atomic E-state index is 12.7. The number of amides is 1. The molecule has 33 heavy (non-hydrogen) atoms. The van der Waals surface area contributed by atoms with Gasteiger partial charge in [-0.2, -0.15) is 10.4 Å². The van der Waals surface area contributed by atoms with Crippen LogP contribution in [0.3, 0.4) is 0 Å². The fourth-order valence-corrected chi connectivity index (χ4v) is 3.67. The lowest BCUT2D eigenvalue weighted by molar-refractivity contribution is -0.117. The third-order valence-corrected chi connectivity index (χ3v) is 5.29. The third kappa shape index (κ3) is 4.76. The molecule has 0 saturated heterocycles. The summed E-state index contributed by atoms with van der Waals surface area (Å²) < 4.78 is 18.0. The maximum Gasteiger partial charge on any atom is 0.231 e. The molecule has 172 valence electrons. The average molecular weight is 450 g/mol. The van der Waals surface area contributed by atoms with Crippen LogP contribution in [0, 0.1) is 16.7 Å². The van der Waals surface area contributed by atoms with Gasteiger partial charge in [-0.05, 0) is 36.1 Å². The minimum absolute atomic E-state index is 0.0825. The van der Waals surface area contributed by atoms with Crippen molar-refractivity contribution in [2.45, 2.75) is 46.8 Å². The number of fused-ring (bicyclic) bond motifs is 2. The van der Waals surface area contributed by atoms with Crippen LogP contribution in [-0.4, -0.2) is 40.7 Å². The molecule has 1 amide bonds.